The molecule has 0 radical (unpaired) electrons. The molecule has 2 fully saturated rings. The lowest BCUT2D eigenvalue weighted by atomic mass is 9.81. The van der Waals surface area contributed by atoms with Crippen molar-refractivity contribution in [1.29, 1.82) is 0 Å². The summed E-state index contributed by atoms with van der Waals surface area (Å²) in [5, 5.41) is 9.65. The Morgan fingerprint density at radius 3 is 2.64 bits per heavy atom. The molecule has 1 heterocycles. The number of methoxy groups -OCH3 is 1. The van der Waals surface area contributed by atoms with Crippen molar-refractivity contribution in [3.05, 3.63) is 23.8 Å². The van der Waals surface area contributed by atoms with Crippen LogP contribution >= 0.6 is 0 Å². The first-order chi connectivity index (χ1) is 11.7. The van der Waals surface area contributed by atoms with Crippen LogP contribution in [0.15, 0.2) is 23.1 Å². The minimum absolute atomic E-state index is 0.0315. The molecule has 1 amide bonds. The molecule has 0 bridgehead atoms. The van der Waals surface area contributed by atoms with Gasteiger partial charge in [-0.3, -0.25) is 9.59 Å². The molecule has 1 aromatic rings. The van der Waals surface area contributed by atoms with Crippen LogP contribution in [0.3, 0.4) is 0 Å². The van der Waals surface area contributed by atoms with Gasteiger partial charge in [0.1, 0.15) is 5.75 Å². The van der Waals surface area contributed by atoms with E-state index in [1.54, 1.807) is 0 Å². The zero-order valence-electron chi connectivity index (χ0n) is 14.2. The van der Waals surface area contributed by atoms with Crippen molar-refractivity contribution in [2.24, 2.45) is 11.3 Å². The smallest absolute Gasteiger partial charge is 0.311 e. The third-order valence-electron chi connectivity index (χ3n) is 5.41. The molecule has 8 heteroatoms. The van der Waals surface area contributed by atoms with Gasteiger partial charge in [0.2, 0.25) is 0 Å². The van der Waals surface area contributed by atoms with E-state index in [1.807, 2.05) is 0 Å². The van der Waals surface area contributed by atoms with Crippen LogP contribution in [0.5, 0.6) is 5.75 Å². The topological polar surface area (TPSA) is 101 Å². The summed E-state index contributed by atoms with van der Waals surface area (Å²) in [5.41, 5.74) is -0.733. The molecule has 3 rings (SSSR count). The van der Waals surface area contributed by atoms with E-state index in [4.69, 9.17) is 4.74 Å². The van der Waals surface area contributed by atoms with E-state index in [-0.39, 0.29) is 28.7 Å². The quantitative estimate of drug-likeness (QED) is 0.864. The summed E-state index contributed by atoms with van der Waals surface area (Å²) >= 11 is 0. The molecule has 1 aliphatic heterocycles. The Morgan fingerprint density at radius 1 is 1.36 bits per heavy atom. The Bertz CT molecular complexity index is 834. The van der Waals surface area contributed by atoms with Crippen molar-refractivity contribution >= 4 is 21.7 Å². The van der Waals surface area contributed by atoms with E-state index in [9.17, 15) is 23.1 Å². The molecule has 1 N–H and O–H groups in total. The van der Waals surface area contributed by atoms with Gasteiger partial charge in [-0.05, 0) is 37.0 Å². The highest BCUT2D eigenvalue weighted by atomic mass is 32.2. The molecule has 25 heavy (non-hydrogen) atoms. The average Bonchev–Trinajstić information content (AvgIpc) is 3.10. The predicted octanol–water partition coefficient (Wildman–Crippen LogP) is 1.43. The van der Waals surface area contributed by atoms with Crippen molar-refractivity contribution in [3.63, 3.8) is 0 Å². The molecule has 7 nitrogen and oxygen atoms in total. The number of hydrogen-bond donors (Lipinski definition) is 1. The van der Waals surface area contributed by atoms with Crippen LogP contribution in [0.2, 0.25) is 0 Å². The minimum atomic E-state index is -3.47. The van der Waals surface area contributed by atoms with Crippen LogP contribution in [-0.2, 0) is 14.6 Å². The second-order valence-electron chi connectivity index (χ2n) is 6.87. The highest BCUT2D eigenvalue weighted by molar-refractivity contribution is 7.90. The van der Waals surface area contributed by atoms with E-state index < -0.39 is 27.1 Å². The third kappa shape index (κ3) is 2.88. The predicted molar refractivity (Wildman–Crippen MR) is 89.4 cm³/mol. The minimum Gasteiger partial charge on any atom is -0.496 e. The standard InChI is InChI=1S/C17H21NO6S/c1-24-14-6-5-12(25(2,22)23)8-13(14)15(19)18-9-11-4-3-7-17(11,10-18)16(20)21/h5-6,8,11H,3-4,7,9-10H2,1-2H3,(H,20,21)/t11-,17+/m0/s1. The summed E-state index contributed by atoms with van der Waals surface area (Å²) in [4.78, 5) is 26.3. The van der Waals surface area contributed by atoms with Crippen molar-refractivity contribution in [2.45, 2.75) is 24.2 Å². The molecule has 136 valence electrons. The third-order valence-corrected chi connectivity index (χ3v) is 6.52. The normalized spacial score (nSPS) is 25.7. The maximum atomic E-state index is 13.0. The summed E-state index contributed by atoms with van der Waals surface area (Å²) in [6.07, 6.45) is 3.28. The number of fused-ring (bicyclic) bond motifs is 1. The first-order valence-electron chi connectivity index (χ1n) is 8.10. The molecule has 1 aliphatic carbocycles. The van der Waals surface area contributed by atoms with E-state index in [1.165, 1.54) is 30.2 Å². The van der Waals surface area contributed by atoms with E-state index in [0.29, 0.717) is 13.0 Å². The Morgan fingerprint density at radius 2 is 2.08 bits per heavy atom. The van der Waals surface area contributed by atoms with E-state index in [0.717, 1.165) is 19.1 Å². The summed E-state index contributed by atoms with van der Waals surface area (Å²) in [6, 6.07) is 4.15. The SMILES string of the molecule is COc1ccc(S(C)(=O)=O)cc1C(=O)N1C[C@@H]2CCC[C@@]2(C(=O)O)C1. The molecule has 0 unspecified atom stereocenters. The zero-order chi connectivity index (χ0) is 18.4. The zero-order valence-corrected chi connectivity index (χ0v) is 15.0. The maximum absolute atomic E-state index is 13.0. The molecule has 2 aliphatic rings. The number of likely N-dealkylation sites (tertiary alicyclic amines) is 1. The Hall–Kier alpha value is -2.09. The Labute approximate surface area is 146 Å². The Kier molecular flexibility index (Phi) is 4.26. The number of carboxylic acids is 1. The van der Waals surface area contributed by atoms with Crippen LogP contribution in [0.25, 0.3) is 0 Å². The van der Waals surface area contributed by atoms with Crippen LogP contribution in [0, 0.1) is 11.3 Å². The average molecular weight is 367 g/mol. The highest BCUT2D eigenvalue weighted by Crippen LogP contribution is 2.49. The monoisotopic (exact) mass is 367 g/mol. The number of carbonyl (C=O) groups excluding carboxylic acids is 1. The number of carboxylic acid groups (broad SMARTS) is 1. The number of benzene rings is 1. The molecule has 1 saturated heterocycles. The van der Waals surface area contributed by atoms with Gasteiger partial charge in [-0.1, -0.05) is 6.42 Å². The van der Waals surface area contributed by atoms with Gasteiger partial charge in [-0.15, -0.1) is 0 Å². The molecular weight excluding hydrogens is 346 g/mol. The van der Waals surface area contributed by atoms with Gasteiger partial charge in [0.25, 0.3) is 5.91 Å². The summed E-state index contributed by atoms with van der Waals surface area (Å²) in [6.45, 7) is 0.523. The van der Waals surface area contributed by atoms with E-state index >= 15 is 0 Å². The van der Waals surface area contributed by atoms with Gasteiger partial charge in [0, 0.05) is 19.3 Å². The van der Waals surface area contributed by atoms with Gasteiger partial charge in [0.05, 0.1) is 23.0 Å². The molecule has 0 spiro atoms. The maximum Gasteiger partial charge on any atom is 0.311 e. The number of carbonyl (C=O) groups is 2. The lowest BCUT2D eigenvalue weighted by Gasteiger charge is -2.23. The fourth-order valence-corrected chi connectivity index (χ4v) is 4.70. The van der Waals surface area contributed by atoms with Crippen molar-refractivity contribution in [2.75, 3.05) is 26.5 Å². The van der Waals surface area contributed by atoms with Gasteiger partial charge in [-0.25, -0.2) is 8.42 Å². The lowest BCUT2D eigenvalue weighted by Crippen LogP contribution is -2.37. The second-order valence-corrected chi connectivity index (χ2v) is 8.89. The number of ether oxygens (including phenoxy) is 1. The second kappa shape index (κ2) is 6.01. The number of hydrogen-bond acceptors (Lipinski definition) is 5. The van der Waals surface area contributed by atoms with Gasteiger partial charge < -0.3 is 14.7 Å². The summed E-state index contributed by atoms with van der Waals surface area (Å²) in [5.74, 6) is -1.03. The first kappa shape index (κ1) is 17.7. The molecule has 1 aromatic carbocycles. The van der Waals surface area contributed by atoms with Crippen LogP contribution < -0.4 is 4.74 Å². The number of aliphatic carboxylic acids is 1. The van der Waals surface area contributed by atoms with E-state index in [2.05, 4.69) is 0 Å². The number of rotatable bonds is 4. The van der Waals surface area contributed by atoms with Crippen molar-refractivity contribution in [1.82, 2.24) is 4.90 Å². The fraction of sp³-hybridized carbons (Fsp3) is 0.529. The van der Waals surface area contributed by atoms with Gasteiger partial charge in [0.15, 0.2) is 9.84 Å². The summed E-state index contributed by atoms with van der Waals surface area (Å²) in [7, 11) is -2.06. The fourth-order valence-electron chi connectivity index (χ4n) is 4.05. The lowest BCUT2D eigenvalue weighted by molar-refractivity contribution is -0.149. The van der Waals surface area contributed by atoms with Gasteiger partial charge in [-0.2, -0.15) is 0 Å². The van der Waals surface area contributed by atoms with Crippen LogP contribution in [0.4, 0.5) is 0 Å². The summed E-state index contributed by atoms with van der Waals surface area (Å²) < 4.78 is 28.8. The molecule has 1 saturated carbocycles. The molecule has 2 atom stereocenters. The Balaban J connectivity index is 1.95. The van der Waals surface area contributed by atoms with Crippen molar-refractivity contribution in [3.8, 4) is 5.75 Å². The van der Waals surface area contributed by atoms with Crippen LogP contribution in [0.1, 0.15) is 29.6 Å². The highest BCUT2D eigenvalue weighted by Gasteiger charge is 2.56. The number of amides is 1. The number of sulfone groups is 1. The first-order valence-corrected chi connectivity index (χ1v) is 9.99. The molecular formula is C17H21NO6S. The number of nitrogens with zero attached hydrogens (tertiary/aromatic N) is 1. The largest absolute Gasteiger partial charge is 0.496 e. The van der Waals surface area contributed by atoms with Crippen LogP contribution in [-0.4, -0.2) is 56.8 Å². The van der Waals surface area contributed by atoms with Gasteiger partial charge >= 0.3 is 5.97 Å². The molecule has 0 aromatic heterocycles. The van der Waals surface area contributed by atoms with Crippen molar-refractivity contribution < 1.29 is 27.9 Å².